The number of anilines is 1. The molecule has 28 heavy (non-hydrogen) atoms. The van der Waals surface area contributed by atoms with Gasteiger partial charge < -0.3 is 5.32 Å². The molecule has 0 saturated carbocycles. The van der Waals surface area contributed by atoms with Gasteiger partial charge in [-0.25, -0.2) is 26.3 Å². The van der Waals surface area contributed by atoms with E-state index in [0.717, 1.165) is 11.1 Å². The Balaban J connectivity index is 2.04. The summed E-state index contributed by atoms with van der Waals surface area (Å²) in [6.07, 6.45) is 0.583. The maximum Gasteiger partial charge on any atom is 0.240 e. The summed E-state index contributed by atoms with van der Waals surface area (Å²) in [5.74, 6) is -0.269. The zero-order valence-electron chi connectivity index (χ0n) is 15.8. The molecule has 3 N–H and O–H groups in total. The molecule has 0 aliphatic carbocycles. The normalized spacial score (nSPS) is 12.0. The van der Waals surface area contributed by atoms with E-state index in [1.54, 1.807) is 25.1 Å². The first-order valence-corrected chi connectivity index (χ1v) is 11.4. The van der Waals surface area contributed by atoms with E-state index in [1.807, 2.05) is 0 Å². The fourth-order valence-electron chi connectivity index (χ4n) is 2.44. The molecule has 152 valence electrons. The third kappa shape index (κ3) is 5.38. The second-order valence-electron chi connectivity index (χ2n) is 6.08. The molecule has 8 nitrogen and oxygen atoms in total. The average molecular weight is 426 g/mol. The molecule has 0 fully saturated rings. The van der Waals surface area contributed by atoms with Gasteiger partial charge in [-0.2, -0.15) is 0 Å². The highest BCUT2D eigenvalue weighted by Gasteiger charge is 2.14. The molecule has 0 heterocycles. The van der Waals surface area contributed by atoms with Crippen LogP contribution in [0.2, 0.25) is 0 Å². The van der Waals surface area contributed by atoms with Crippen molar-refractivity contribution in [1.29, 1.82) is 0 Å². The van der Waals surface area contributed by atoms with Crippen LogP contribution in [0.25, 0.3) is 0 Å². The highest BCUT2D eigenvalue weighted by atomic mass is 32.2. The van der Waals surface area contributed by atoms with Gasteiger partial charge in [0.2, 0.25) is 26.0 Å². The van der Waals surface area contributed by atoms with Gasteiger partial charge in [-0.05, 0) is 62.8 Å². The molecule has 0 aliphatic heterocycles. The van der Waals surface area contributed by atoms with Crippen molar-refractivity contribution >= 4 is 31.6 Å². The first-order chi connectivity index (χ1) is 13.1. The maximum absolute atomic E-state index is 12.3. The highest BCUT2D eigenvalue weighted by molar-refractivity contribution is 7.89. The van der Waals surface area contributed by atoms with E-state index in [-0.39, 0.29) is 22.1 Å². The van der Waals surface area contributed by atoms with E-state index in [9.17, 15) is 21.6 Å². The molecule has 0 aromatic heterocycles. The number of sulfonamides is 2. The lowest BCUT2D eigenvalue weighted by molar-refractivity contribution is -0.116. The van der Waals surface area contributed by atoms with Crippen LogP contribution in [0.5, 0.6) is 0 Å². The lowest BCUT2D eigenvalue weighted by Gasteiger charge is -2.11. The molecule has 0 saturated heterocycles. The third-order valence-corrected chi connectivity index (χ3v) is 7.05. The summed E-state index contributed by atoms with van der Waals surface area (Å²) in [6.45, 7) is 1.77. The summed E-state index contributed by atoms with van der Waals surface area (Å²) in [7, 11) is -4.44. The Morgan fingerprint density at radius 2 is 1.39 bits per heavy atom. The molecule has 2 aromatic carbocycles. The first-order valence-electron chi connectivity index (χ1n) is 8.45. The smallest absolute Gasteiger partial charge is 0.240 e. The topological polar surface area (TPSA) is 121 Å². The summed E-state index contributed by atoms with van der Waals surface area (Å²) in [6, 6.07) is 10.8. The molecular formula is C18H23N3O5S2. The Labute approximate surface area is 165 Å². The molecule has 2 rings (SSSR count). The number of hydrogen-bond donors (Lipinski definition) is 3. The van der Waals surface area contributed by atoms with Gasteiger partial charge >= 0.3 is 0 Å². The number of carbonyl (C=O) groups is 1. The summed E-state index contributed by atoms with van der Waals surface area (Å²) in [4.78, 5) is 12.5. The van der Waals surface area contributed by atoms with Crippen molar-refractivity contribution in [3.63, 3.8) is 0 Å². The molecular weight excluding hydrogens is 402 g/mol. The van der Waals surface area contributed by atoms with E-state index in [4.69, 9.17) is 0 Å². The zero-order valence-corrected chi connectivity index (χ0v) is 17.4. The second kappa shape index (κ2) is 8.82. The van der Waals surface area contributed by atoms with Crippen LogP contribution >= 0.6 is 0 Å². The van der Waals surface area contributed by atoms with Gasteiger partial charge in [-0.3, -0.25) is 4.79 Å². The van der Waals surface area contributed by atoms with Gasteiger partial charge in [-0.1, -0.05) is 18.2 Å². The van der Waals surface area contributed by atoms with Gasteiger partial charge in [0.25, 0.3) is 0 Å². The van der Waals surface area contributed by atoms with Crippen LogP contribution in [-0.2, 0) is 31.3 Å². The maximum atomic E-state index is 12.3. The highest BCUT2D eigenvalue weighted by Crippen LogP contribution is 2.20. The molecule has 2 aromatic rings. The molecule has 0 bridgehead atoms. The van der Waals surface area contributed by atoms with Gasteiger partial charge in [0.1, 0.15) is 0 Å². The van der Waals surface area contributed by atoms with E-state index in [2.05, 4.69) is 14.8 Å². The van der Waals surface area contributed by atoms with Crippen molar-refractivity contribution in [1.82, 2.24) is 9.44 Å². The number of hydrogen-bond acceptors (Lipinski definition) is 5. The summed E-state index contributed by atoms with van der Waals surface area (Å²) >= 11 is 0. The van der Waals surface area contributed by atoms with Crippen LogP contribution in [0.3, 0.4) is 0 Å². The van der Waals surface area contributed by atoms with E-state index in [1.165, 1.54) is 38.4 Å². The van der Waals surface area contributed by atoms with Crippen molar-refractivity contribution in [3.8, 4) is 0 Å². The van der Waals surface area contributed by atoms with Crippen molar-refractivity contribution in [2.24, 2.45) is 0 Å². The summed E-state index contributed by atoms with van der Waals surface area (Å²) < 4.78 is 51.7. The fraction of sp³-hybridized carbons (Fsp3) is 0.278. The molecule has 10 heteroatoms. The summed E-state index contributed by atoms with van der Waals surface area (Å²) in [5.41, 5.74) is 1.98. The van der Waals surface area contributed by atoms with Crippen molar-refractivity contribution in [2.75, 3.05) is 19.4 Å². The number of rotatable bonds is 8. The van der Waals surface area contributed by atoms with E-state index in [0.29, 0.717) is 12.1 Å². The van der Waals surface area contributed by atoms with Crippen LogP contribution in [0, 0.1) is 6.92 Å². The minimum atomic E-state index is -3.60. The van der Waals surface area contributed by atoms with Gasteiger partial charge in [0.05, 0.1) is 9.79 Å². The zero-order chi connectivity index (χ0) is 20.9. The second-order valence-corrected chi connectivity index (χ2v) is 9.86. The van der Waals surface area contributed by atoms with Crippen LogP contribution < -0.4 is 14.8 Å². The standard InChI is InChI=1S/C18H23N3O5S2/c1-13-4-8-16(28(25,26)20-3)12-17(13)21-18(22)11-7-14-5-9-15(10-6-14)27(23,24)19-2/h4-6,8-10,12,19-20H,7,11H2,1-3H3,(H,21,22). The number of benzene rings is 2. The fourth-order valence-corrected chi connectivity index (χ4v) is 3.93. The van der Waals surface area contributed by atoms with Gasteiger partial charge in [0, 0.05) is 12.1 Å². The monoisotopic (exact) mass is 425 g/mol. The average Bonchev–Trinajstić information content (AvgIpc) is 2.68. The molecule has 1 amide bonds. The predicted molar refractivity (Wildman–Crippen MR) is 107 cm³/mol. The van der Waals surface area contributed by atoms with Crippen molar-refractivity contribution in [3.05, 3.63) is 53.6 Å². The lowest BCUT2D eigenvalue weighted by Crippen LogP contribution is -2.19. The third-order valence-electron chi connectivity index (χ3n) is 4.21. The Hall–Kier alpha value is -2.27. The van der Waals surface area contributed by atoms with Crippen LogP contribution in [0.4, 0.5) is 5.69 Å². The Morgan fingerprint density at radius 1 is 0.857 bits per heavy atom. The minimum Gasteiger partial charge on any atom is -0.326 e. The van der Waals surface area contributed by atoms with Crippen LogP contribution in [0.1, 0.15) is 17.5 Å². The largest absolute Gasteiger partial charge is 0.326 e. The van der Waals surface area contributed by atoms with Crippen LogP contribution in [-0.4, -0.2) is 36.8 Å². The minimum absolute atomic E-state index is 0.0669. The van der Waals surface area contributed by atoms with E-state index >= 15 is 0 Å². The quantitative estimate of drug-likeness (QED) is 0.590. The van der Waals surface area contributed by atoms with Crippen molar-refractivity contribution in [2.45, 2.75) is 29.6 Å². The molecule has 0 atom stereocenters. The first kappa shape index (κ1) is 22.0. The van der Waals surface area contributed by atoms with Gasteiger partial charge in [-0.15, -0.1) is 0 Å². The Morgan fingerprint density at radius 3 is 1.96 bits per heavy atom. The molecule has 0 radical (unpaired) electrons. The molecule has 0 unspecified atom stereocenters. The van der Waals surface area contributed by atoms with Gasteiger partial charge in [0.15, 0.2) is 0 Å². The number of carbonyl (C=O) groups excluding carboxylic acids is 1. The van der Waals surface area contributed by atoms with Crippen LogP contribution in [0.15, 0.2) is 52.3 Å². The SMILES string of the molecule is CNS(=O)(=O)c1ccc(CCC(=O)Nc2cc(S(=O)(=O)NC)ccc2C)cc1. The Kier molecular flexibility index (Phi) is 6.94. The lowest BCUT2D eigenvalue weighted by atomic mass is 10.1. The number of aryl methyl sites for hydroxylation is 2. The number of amides is 1. The predicted octanol–water partition coefficient (Wildman–Crippen LogP) is 1.38. The molecule has 0 spiro atoms. The number of nitrogens with one attached hydrogen (secondary N) is 3. The molecule has 0 aliphatic rings. The Bertz CT molecular complexity index is 1060. The summed E-state index contributed by atoms with van der Waals surface area (Å²) in [5, 5.41) is 2.72. The van der Waals surface area contributed by atoms with E-state index < -0.39 is 20.0 Å². The van der Waals surface area contributed by atoms with Crippen molar-refractivity contribution < 1.29 is 21.6 Å².